The average molecular weight is 458 g/mol. The van der Waals surface area contributed by atoms with Crippen LogP contribution >= 0.6 is 0 Å². The number of amides is 2. The topological polar surface area (TPSA) is 96.0 Å². The molecule has 2 aromatic rings. The number of carbonyl (C=O) groups excluding carboxylic acids is 2. The van der Waals surface area contributed by atoms with E-state index in [9.17, 15) is 18.0 Å². The maximum Gasteiger partial charge on any atom is 0.255 e. The maximum absolute atomic E-state index is 12.7. The van der Waals surface area contributed by atoms with Crippen molar-refractivity contribution in [2.45, 2.75) is 24.2 Å². The van der Waals surface area contributed by atoms with Crippen LogP contribution in [0.15, 0.2) is 53.4 Å². The molecule has 8 nitrogen and oxygen atoms in total. The molecule has 0 aromatic heterocycles. The number of anilines is 1. The summed E-state index contributed by atoms with van der Waals surface area (Å²) >= 11 is 0. The van der Waals surface area contributed by atoms with Crippen LogP contribution in [-0.2, 0) is 26.0 Å². The number of likely N-dealkylation sites (tertiary alicyclic amines) is 1. The predicted molar refractivity (Wildman–Crippen MR) is 120 cm³/mol. The Balaban J connectivity index is 1.35. The van der Waals surface area contributed by atoms with Crippen LogP contribution < -0.4 is 5.32 Å². The zero-order valence-corrected chi connectivity index (χ0v) is 18.6. The van der Waals surface area contributed by atoms with Gasteiger partial charge in [-0.05, 0) is 54.8 Å². The van der Waals surface area contributed by atoms with Gasteiger partial charge in [-0.25, -0.2) is 8.42 Å². The van der Waals surface area contributed by atoms with Crippen molar-refractivity contribution in [3.8, 4) is 0 Å². The maximum atomic E-state index is 12.7. The van der Waals surface area contributed by atoms with E-state index in [-0.39, 0.29) is 16.7 Å². The van der Waals surface area contributed by atoms with E-state index in [0.29, 0.717) is 44.0 Å². The molecule has 9 heteroatoms. The summed E-state index contributed by atoms with van der Waals surface area (Å²) in [6.45, 7) is 3.07. The second-order valence-corrected chi connectivity index (χ2v) is 9.89. The number of sulfonamides is 1. The van der Waals surface area contributed by atoms with Gasteiger partial charge in [0.1, 0.15) is 0 Å². The molecule has 2 saturated heterocycles. The standard InChI is InChI=1S/C23H27N3O5S/c27-22(25-11-1-2-12-25)17-18-3-7-20(8-4-18)24-23(28)19-5-9-21(10-6-19)32(29,30)26-13-15-31-16-14-26/h3-10H,1-2,11-17H2,(H,24,28). The number of nitrogens with zero attached hydrogens (tertiary/aromatic N) is 2. The van der Waals surface area contributed by atoms with Gasteiger partial charge in [0, 0.05) is 37.4 Å². The molecule has 170 valence electrons. The third-order valence-corrected chi connectivity index (χ3v) is 7.66. The van der Waals surface area contributed by atoms with Gasteiger partial charge in [-0.2, -0.15) is 4.31 Å². The van der Waals surface area contributed by atoms with Crippen molar-refractivity contribution in [2.75, 3.05) is 44.7 Å². The quantitative estimate of drug-likeness (QED) is 0.717. The highest BCUT2D eigenvalue weighted by Crippen LogP contribution is 2.19. The Hall–Kier alpha value is -2.75. The fraction of sp³-hybridized carbons (Fsp3) is 0.391. The molecule has 2 aliphatic rings. The molecule has 2 aliphatic heterocycles. The van der Waals surface area contributed by atoms with Crippen LogP contribution in [0, 0.1) is 0 Å². The lowest BCUT2D eigenvalue weighted by molar-refractivity contribution is -0.129. The number of nitrogens with one attached hydrogen (secondary N) is 1. The third-order valence-electron chi connectivity index (χ3n) is 5.75. The van der Waals surface area contributed by atoms with Gasteiger partial charge < -0.3 is 15.0 Å². The summed E-state index contributed by atoms with van der Waals surface area (Å²) in [5, 5.41) is 2.80. The van der Waals surface area contributed by atoms with Gasteiger partial charge >= 0.3 is 0 Å². The zero-order chi connectivity index (χ0) is 22.6. The summed E-state index contributed by atoms with van der Waals surface area (Å²) in [4.78, 5) is 26.9. The van der Waals surface area contributed by atoms with Crippen molar-refractivity contribution in [1.29, 1.82) is 0 Å². The van der Waals surface area contributed by atoms with E-state index in [0.717, 1.165) is 31.5 Å². The van der Waals surface area contributed by atoms with Gasteiger partial charge in [0.05, 0.1) is 24.5 Å². The SMILES string of the molecule is O=C(Nc1ccc(CC(=O)N2CCCC2)cc1)c1ccc(S(=O)(=O)N2CCOCC2)cc1. The highest BCUT2D eigenvalue weighted by atomic mass is 32.2. The third kappa shape index (κ3) is 5.17. The van der Waals surface area contributed by atoms with Crippen LogP contribution in [0.2, 0.25) is 0 Å². The first-order chi connectivity index (χ1) is 15.4. The average Bonchev–Trinajstić information content (AvgIpc) is 3.36. The molecule has 0 radical (unpaired) electrons. The lowest BCUT2D eigenvalue weighted by Crippen LogP contribution is -2.40. The molecule has 2 amide bonds. The van der Waals surface area contributed by atoms with Crippen molar-refractivity contribution < 1.29 is 22.7 Å². The number of morpholine rings is 1. The number of hydrogen-bond acceptors (Lipinski definition) is 5. The van der Waals surface area contributed by atoms with Crippen molar-refractivity contribution in [3.63, 3.8) is 0 Å². The minimum Gasteiger partial charge on any atom is -0.379 e. The molecule has 0 bridgehead atoms. The molecule has 0 spiro atoms. The number of carbonyl (C=O) groups is 2. The van der Waals surface area contributed by atoms with Gasteiger partial charge in [0.25, 0.3) is 5.91 Å². The Morgan fingerprint density at radius 3 is 2.12 bits per heavy atom. The second kappa shape index (κ2) is 9.81. The Labute approximate surface area is 188 Å². The molecule has 2 fully saturated rings. The summed E-state index contributed by atoms with van der Waals surface area (Å²) in [7, 11) is -3.59. The number of rotatable bonds is 6. The lowest BCUT2D eigenvalue weighted by Gasteiger charge is -2.26. The first-order valence-electron chi connectivity index (χ1n) is 10.8. The monoisotopic (exact) mass is 457 g/mol. The largest absolute Gasteiger partial charge is 0.379 e. The molecular formula is C23H27N3O5S. The number of hydrogen-bond donors (Lipinski definition) is 1. The summed E-state index contributed by atoms with van der Waals surface area (Å²) in [5.41, 5.74) is 1.87. The van der Waals surface area contributed by atoms with Crippen LogP contribution in [0.5, 0.6) is 0 Å². The van der Waals surface area contributed by atoms with Crippen LogP contribution in [-0.4, -0.2) is 68.8 Å². The fourth-order valence-electron chi connectivity index (χ4n) is 3.88. The summed E-state index contributed by atoms with van der Waals surface area (Å²) in [5.74, 6) is -0.201. The summed E-state index contributed by atoms with van der Waals surface area (Å²) in [6.07, 6.45) is 2.49. The lowest BCUT2D eigenvalue weighted by atomic mass is 10.1. The normalized spacial score (nSPS) is 17.3. The van der Waals surface area contributed by atoms with E-state index in [4.69, 9.17) is 4.74 Å². The van der Waals surface area contributed by atoms with Gasteiger partial charge in [0.15, 0.2) is 0 Å². The molecular weight excluding hydrogens is 430 g/mol. The van der Waals surface area contributed by atoms with Crippen LogP contribution in [0.3, 0.4) is 0 Å². The van der Waals surface area contributed by atoms with E-state index >= 15 is 0 Å². The minimum absolute atomic E-state index is 0.131. The molecule has 0 atom stereocenters. The highest BCUT2D eigenvalue weighted by molar-refractivity contribution is 7.89. The van der Waals surface area contributed by atoms with Crippen LogP contribution in [0.4, 0.5) is 5.69 Å². The summed E-state index contributed by atoms with van der Waals surface area (Å²) < 4.78 is 32.0. The molecule has 0 aliphatic carbocycles. The van der Waals surface area contributed by atoms with Gasteiger partial charge in [-0.3, -0.25) is 9.59 Å². The predicted octanol–water partition coefficient (Wildman–Crippen LogP) is 2.12. The summed E-state index contributed by atoms with van der Waals surface area (Å²) in [6, 6.07) is 13.1. The van der Waals surface area contributed by atoms with Crippen molar-refractivity contribution in [2.24, 2.45) is 0 Å². The van der Waals surface area contributed by atoms with E-state index < -0.39 is 10.0 Å². The van der Waals surface area contributed by atoms with Crippen LogP contribution in [0.25, 0.3) is 0 Å². The van der Waals surface area contributed by atoms with E-state index in [1.54, 1.807) is 12.1 Å². The highest BCUT2D eigenvalue weighted by Gasteiger charge is 2.26. The second-order valence-electron chi connectivity index (χ2n) is 7.96. The Kier molecular flexibility index (Phi) is 6.88. The van der Waals surface area contributed by atoms with Crippen molar-refractivity contribution in [3.05, 3.63) is 59.7 Å². The van der Waals surface area contributed by atoms with Crippen LogP contribution in [0.1, 0.15) is 28.8 Å². The van der Waals surface area contributed by atoms with E-state index in [1.165, 1.54) is 28.6 Å². The smallest absolute Gasteiger partial charge is 0.255 e. The molecule has 32 heavy (non-hydrogen) atoms. The molecule has 4 rings (SSSR count). The molecule has 1 N–H and O–H groups in total. The van der Waals surface area contributed by atoms with Gasteiger partial charge in [0.2, 0.25) is 15.9 Å². The molecule has 2 heterocycles. The number of benzene rings is 2. The Morgan fingerprint density at radius 2 is 1.50 bits per heavy atom. The Morgan fingerprint density at radius 1 is 0.875 bits per heavy atom. The first kappa shape index (κ1) is 22.4. The Bertz CT molecular complexity index is 1060. The zero-order valence-electron chi connectivity index (χ0n) is 17.8. The van der Waals surface area contributed by atoms with E-state index in [2.05, 4.69) is 5.32 Å². The fourth-order valence-corrected chi connectivity index (χ4v) is 5.28. The van der Waals surface area contributed by atoms with E-state index in [1.807, 2.05) is 17.0 Å². The minimum atomic E-state index is -3.59. The van der Waals surface area contributed by atoms with Gasteiger partial charge in [-0.1, -0.05) is 12.1 Å². The van der Waals surface area contributed by atoms with Gasteiger partial charge in [-0.15, -0.1) is 0 Å². The molecule has 0 unspecified atom stereocenters. The first-order valence-corrected chi connectivity index (χ1v) is 12.2. The van der Waals surface area contributed by atoms with Crippen molar-refractivity contribution in [1.82, 2.24) is 9.21 Å². The number of ether oxygens (including phenoxy) is 1. The molecule has 0 saturated carbocycles. The van der Waals surface area contributed by atoms with Crippen molar-refractivity contribution >= 4 is 27.5 Å². The molecule has 2 aromatic carbocycles.